The van der Waals surface area contributed by atoms with E-state index < -0.39 is 17.4 Å². The van der Waals surface area contributed by atoms with E-state index in [2.05, 4.69) is 0 Å². The van der Waals surface area contributed by atoms with Crippen molar-refractivity contribution in [3.63, 3.8) is 0 Å². The summed E-state index contributed by atoms with van der Waals surface area (Å²) in [6.07, 6.45) is 0.850. The van der Waals surface area contributed by atoms with Crippen molar-refractivity contribution in [2.24, 2.45) is 5.41 Å². The van der Waals surface area contributed by atoms with Gasteiger partial charge in [-0.3, -0.25) is 0 Å². The van der Waals surface area contributed by atoms with E-state index >= 15 is 0 Å². The Labute approximate surface area is 156 Å². The van der Waals surface area contributed by atoms with Crippen LogP contribution in [0.1, 0.15) is 40.5 Å². The fourth-order valence-corrected chi connectivity index (χ4v) is 0.204. The monoisotopic (exact) mass is 250 g/mol. The van der Waals surface area contributed by atoms with E-state index in [0.29, 0.717) is 6.42 Å². The van der Waals surface area contributed by atoms with Crippen molar-refractivity contribution >= 4 is 11.9 Å². The van der Waals surface area contributed by atoms with Crippen LogP contribution in [0.15, 0.2) is 0 Å². The summed E-state index contributed by atoms with van der Waals surface area (Å²) in [5.41, 5.74) is -0.694. The van der Waals surface area contributed by atoms with Gasteiger partial charge in [-0.2, -0.15) is 0 Å². The van der Waals surface area contributed by atoms with Crippen LogP contribution in [0.4, 0.5) is 0 Å². The van der Waals surface area contributed by atoms with Gasteiger partial charge in [0.1, 0.15) is 0 Å². The third-order valence-corrected chi connectivity index (χ3v) is 1.07. The first-order valence-electron chi connectivity index (χ1n) is 4.13. The number of rotatable bonds is 2. The van der Waals surface area contributed by atoms with Gasteiger partial charge in [0.2, 0.25) is 0 Å². The van der Waals surface area contributed by atoms with Gasteiger partial charge in [0.05, 0.1) is 0 Å². The first kappa shape index (κ1) is 25.4. The third kappa shape index (κ3) is 25.7. The van der Waals surface area contributed by atoms with Crippen LogP contribution in [0, 0.1) is 5.41 Å². The van der Waals surface area contributed by atoms with Gasteiger partial charge < -0.3 is 19.8 Å². The van der Waals surface area contributed by atoms with Crippen LogP contribution in [-0.2, 0) is 9.59 Å². The Kier molecular flexibility index (Phi) is 23.1. The van der Waals surface area contributed by atoms with Crippen LogP contribution >= 0.6 is 0 Å². The zero-order valence-corrected chi connectivity index (χ0v) is 15.7. The number of carbonyl (C=O) groups excluding carboxylic acids is 2. The van der Waals surface area contributed by atoms with Crippen molar-refractivity contribution in [1.29, 1.82) is 0 Å². The molecule has 0 amide bonds. The van der Waals surface area contributed by atoms with Crippen molar-refractivity contribution in [3.8, 4) is 0 Å². The van der Waals surface area contributed by atoms with Gasteiger partial charge in [0.15, 0.2) is 0 Å². The second-order valence-electron chi connectivity index (χ2n) is 3.66. The molecule has 0 saturated heterocycles. The van der Waals surface area contributed by atoms with Gasteiger partial charge in [0, 0.05) is 17.4 Å². The Morgan fingerprint density at radius 1 is 1.13 bits per heavy atom. The molecule has 0 N–H and O–H groups in total. The number of carboxylic acids is 2. The average molecular weight is 250 g/mol. The van der Waals surface area contributed by atoms with Gasteiger partial charge in [-0.15, -0.1) is 0 Å². The van der Waals surface area contributed by atoms with Gasteiger partial charge >= 0.3 is 80.9 Å². The average Bonchev–Trinajstić information content (AvgIpc) is 1.85. The van der Waals surface area contributed by atoms with Crippen molar-refractivity contribution in [2.45, 2.75) is 40.5 Å². The Bertz CT molecular complexity index is 177. The molecule has 0 aromatic heterocycles. The molecule has 0 aliphatic heterocycles. The van der Waals surface area contributed by atoms with Gasteiger partial charge in [-0.05, 0) is 6.42 Å². The first-order chi connectivity index (χ1) is 5.71. The maximum absolute atomic E-state index is 9.91. The van der Waals surface area contributed by atoms with Crippen LogP contribution in [0.5, 0.6) is 0 Å². The maximum Gasteiger partial charge on any atom is 1.00 e. The zero-order valence-electron chi connectivity index (χ0n) is 10.5. The van der Waals surface area contributed by atoms with E-state index in [-0.39, 0.29) is 87.4 Å². The maximum atomic E-state index is 9.91. The van der Waals surface area contributed by atoms with Crippen molar-refractivity contribution in [3.05, 3.63) is 0 Å². The van der Waals surface area contributed by atoms with Crippen LogP contribution in [0.25, 0.3) is 0 Å². The van der Waals surface area contributed by atoms with E-state index in [1.54, 1.807) is 27.7 Å². The van der Waals surface area contributed by atoms with Gasteiger partial charge in [-0.25, -0.2) is 0 Å². The minimum Gasteiger partial charge on any atom is -0.550 e. The number of hydrogen-bond donors (Lipinski definition) is 0. The number of aliphatic carboxylic acids is 2. The summed E-state index contributed by atoms with van der Waals surface area (Å²) in [5, 5.41) is 19.4. The smallest absolute Gasteiger partial charge is 0.550 e. The summed E-state index contributed by atoms with van der Waals surface area (Å²) in [5.74, 6) is -1.97. The molecule has 0 aliphatic rings. The number of hydrogen-bond acceptors (Lipinski definition) is 4. The molecule has 0 rings (SSSR count). The fraction of sp³-hybridized carbons (Fsp3) is 0.778. The predicted molar refractivity (Wildman–Crippen MR) is 44.4 cm³/mol. The Hall–Kier alpha value is 1.58. The molecule has 0 aromatic carbocycles. The number of carbonyl (C=O) groups is 2. The predicted octanol–water partition coefficient (Wildman–Crippen LogP) is -6.67. The summed E-state index contributed by atoms with van der Waals surface area (Å²) in [7, 11) is 0. The topological polar surface area (TPSA) is 80.3 Å². The van der Waals surface area contributed by atoms with Gasteiger partial charge in [0.25, 0.3) is 0 Å². The summed E-state index contributed by atoms with van der Waals surface area (Å²) < 4.78 is 0. The van der Waals surface area contributed by atoms with E-state index in [1.807, 2.05) is 0 Å². The molecule has 6 heteroatoms. The fourth-order valence-electron chi connectivity index (χ4n) is 0.204. The van der Waals surface area contributed by atoms with E-state index in [0.717, 1.165) is 0 Å². The Morgan fingerprint density at radius 2 is 1.40 bits per heavy atom. The summed E-state index contributed by atoms with van der Waals surface area (Å²) in [4.78, 5) is 19.4. The summed E-state index contributed by atoms with van der Waals surface area (Å²) in [6, 6.07) is 0. The molecule has 0 bridgehead atoms. The molecule has 4 nitrogen and oxygen atoms in total. The molecule has 0 radical (unpaired) electrons. The molecule has 0 unspecified atom stereocenters. The molecule has 15 heavy (non-hydrogen) atoms. The molecule has 0 heterocycles. The molecular weight excluding hydrogens is 234 g/mol. The molecule has 0 fully saturated rings. The summed E-state index contributed by atoms with van der Waals surface area (Å²) >= 11 is 0. The Morgan fingerprint density at radius 3 is 1.40 bits per heavy atom. The molecule has 78 valence electrons. The molecule has 0 aliphatic carbocycles. The second-order valence-corrected chi connectivity index (χ2v) is 3.66. The Balaban J connectivity index is -0.0000000718. The van der Waals surface area contributed by atoms with Crippen LogP contribution < -0.4 is 91.2 Å². The first-order valence-corrected chi connectivity index (χ1v) is 4.13. The van der Waals surface area contributed by atoms with Gasteiger partial charge in [-0.1, -0.05) is 34.1 Å². The van der Waals surface area contributed by atoms with Crippen molar-refractivity contribution in [1.82, 2.24) is 0 Å². The number of carboxylic acid groups (broad SMARTS) is 2. The minimum atomic E-state index is -1.01. The minimum absolute atomic E-state index is 0. The summed E-state index contributed by atoms with van der Waals surface area (Å²) in [6.45, 7) is 6.60. The second kappa shape index (κ2) is 13.6. The van der Waals surface area contributed by atoms with Crippen molar-refractivity contribution < 1.29 is 101 Å². The largest absolute Gasteiger partial charge is 1.00 e. The molecule has 0 aromatic rings. The quantitative estimate of drug-likeness (QED) is 0.456. The zero-order chi connectivity index (χ0) is 11.1. The van der Waals surface area contributed by atoms with Crippen LogP contribution in [0.3, 0.4) is 0 Å². The van der Waals surface area contributed by atoms with E-state index in [9.17, 15) is 19.8 Å². The molecule has 0 saturated carbocycles. The van der Waals surface area contributed by atoms with Crippen LogP contribution in [0.2, 0.25) is 0 Å². The standard InChI is InChI=1S/C5H10O2.C4H8O2.K.Na/c1-5(2,3)4(6)7;1-2-3-4(5)6;;/h1-3H3,(H,6,7);2-3H2,1H3,(H,5,6);;/q;;2*+1/p-2. The van der Waals surface area contributed by atoms with E-state index in [4.69, 9.17) is 0 Å². The van der Waals surface area contributed by atoms with Crippen molar-refractivity contribution in [2.75, 3.05) is 0 Å². The molecular formula is C9H16KNaO4. The molecule has 0 atom stereocenters. The molecule has 0 spiro atoms. The van der Waals surface area contributed by atoms with E-state index in [1.165, 1.54) is 0 Å². The normalized spacial score (nSPS) is 8.53. The third-order valence-electron chi connectivity index (χ3n) is 1.07. The van der Waals surface area contributed by atoms with Crippen LogP contribution in [-0.4, -0.2) is 11.9 Å². The SMILES string of the molecule is CC(C)(C)C(=O)[O-].CCCC(=O)[O-].[K+].[Na+].